The summed E-state index contributed by atoms with van der Waals surface area (Å²) in [6.45, 7) is 0.844. The van der Waals surface area contributed by atoms with Crippen molar-refractivity contribution in [2.24, 2.45) is 0 Å². The molecule has 1 N–H and O–H groups in total. The van der Waals surface area contributed by atoms with E-state index in [1.54, 1.807) is 22.7 Å². The first-order valence-electron chi connectivity index (χ1n) is 4.14. The minimum absolute atomic E-state index is 0.844. The summed E-state index contributed by atoms with van der Waals surface area (Å²) in [5.74, 6) is 0. The van der Waals surface area contributed by atoms with Gasteiger partial charge in [0.25, 0.3) is 0 Å². The molecular formula is C9H9BrN2S2. The Morgan fingerprint density at radius 3 is 3.00 bits per heavy atom. The number of nitrogens with one attached hydrogen (secondary N) is 1. The van der Waals surface area contributed by atoms with Crippen molar-refractivity contribution in [1.29, 1.82) is 0 Å². The fourth-order valence-electron chi connectivity index (χ4n) is 1.11. The van der Waals surface area contributed by atoms with Crippen LogP contribution in [0.1, 0.15) is 5.01 Å². The van der Waals surface area contributed by atoms with Crippen LogP contribution in [0, 0.1) is 0 Å². The number of rotatable bonds is 3. The van der Waals surface area contributed by atoms with Gasteiger partial charge in [0, 0.05) is 11.9 Å². The summed E-state index contributed by atoms with van der Waals surface area (Å²) in [7, 11) is 1.93. The Bertz CT molecular complexity index is 422. The van der Waals surface area contributed by atoms with Gasteiger partial charge in [0.15, 0.2) is 0 Å². The summed E-state index contributed by atoms with van der Waals surface area (Å²) in [5, 5.41) is 6.33. The second-order valence-corrected chi connectivity index (χ2v) is 6.17. The van der Waals surface area contributed by atoms with E-state index in [9.17, 15) is 0 Å². The molecule has 0 saturated carbocycles. The number of thiophene rings is 1. The SMILES string of the molecule is CNCc1nc(-c2ccc(Br)s2)cs1. The van der Waals surface area contributed by atoms with Crippen LogP contribution in [-0.4, -0.2) is 12.0 Å². The lowest BCUT2D eigenvalue weighted by Crippen LogP contribution is -2.04. The maximum absolute atomic E-state index is 4.53. The van der Waals surface area contributed by atoms with Crippen LogP contribution in [-0.2, 0) is 6.54 Å². The van der Waals surface area contributed by atoms with Crippen LogP contribution in [0.3, 0.4) is 0 Å². The molecule has 0 aliphatic heterocycles. The Morgan fingerprint density at radius 2 is 2.36 bits per heavy atom. The third-order valence-electron chi connectivity index (χ3n) is 1.71. The van der Waals surface area contributed by atoms with Crippen molar-refractivity contribution in [3.8, 4) is 10.6 Å². The number of hydrogen-bond donors (Lipinski definition) is 1. The van der Waals surface area contributed by atoms with Crippen molar-refractivity contribution in [3.63, 3.8) is 0 Å². The van der Waals surface area contributed by atoms with Crippen molar-refractivity contribution in [3.05, 3.63) is 26.3 Å². The van der Waals surface area contributed by atoms with Crippen molar-refractivity contribution in [1.82, 2.24) is 10.3 Å². The summed E-state index contributed by atoms with van der Waals surface area (Å²) in [4.78, 5) is 5.75. The smallest absolute Gasteiger partial charge is 0.107 e. The van der Waals surface area contributed by atoms with Crippen LogP contribution in [0.25, 0.3) is 10.6 Å². The van der Waals surface area contributed by atoms with Gasteiger partial charge >= 0.3 is 0 Å². The minimum atomic E-state index is 0.844. The molecule has 0 bridgehead atoms. The zero-order valence-electron chi connectivity index (χ0n) is 7.58. The van der Waals surface area contributed by atoms with Gasteiger partial charge < -0.3 is 5.32 Å². The van der Waals surface area contributed by atoms with Gasteiger partial charge in [-0.1, -0.05) is 0 Å². The molecule has 0 saturated heterocycles. The zero-order valence-corrected chi connectivity index (χ0v) is 10.8. The van der Waals surface area contributed by atoms with Crippen molar-refractivity contribution >= 4 is 38.6 Å². The topological polar surface area (TPSA) is 24.9 Å². The maximum Gasteiger partial charge on any atom is 0.107 e. The molecule has 14 heavy (non-hydrogen) atoms. The summed E-state index contributed by atoms with van der Waals surface area (Å²) < 4.78 is 1.15. The summed E-state index contributed by atoms with van der Waals surface area (Å²) in [5.41, 5.74) is 1.08. The van der Waals surface area contributed by atoms with Gasteiger partial charge in [-0.05, 0) is 35.1 Å². The average molecular weight is 289 g/mol. The predicted molar refractivity (Wildman–Crippen MR) is 65.9 cm³/mol. The molecule has 0 unspecified atom stereocenters. The third-order valence-corrected chi connectivity index (χ3v) is 4.20. The molecule has 0 fully saturated rings. The van der Waals surface area contributed by atoms with Gasteiger partial charge in [-0.3, -0.25) is 0 Å². The van der Waals surface area contributed by atoms with Gasteiger partial charge in [-0.2, -0.15) is 0 Å². The molecule has 2 nitrogen and oxygen atoms in total. The Hall–Kier alpha value is -0.230. The quantitative estimate of drug-likeness (QED) is 0.937. The first-order chi connectivity index (χ1) is 6.79. The summed E-state index contributed by atoms with van der Waals surface area (Å²) in [6, 6.07) is 4.14. The van der Waals surface area contributed by atoms with E-state index in [1.807, 2.05) is 7.05 Å². The lowest BCUT2D eigenvalue weighted by atomic mass is 10.4. The molecule has 2 aromatic rings. The minimum Gasteiger partial charge on any atom is -0.314 e. The molecule has 0 aliphatic rings. The molecule has 0 aromatic carbocycles. The highest BCUT2D eigenvalue weighted by Crippen LogP contribution is 2.31. The Balaban J connectivity index is 2.24. The molecule has 0 radical (unpaired) electrons. The van der Waals surface area contributed by atoms with E-state index in [1.165, 1.54) is 4.88 Å². The molecule has 0 atom stereocenters. The van der Waals surface area contributed by atoms with E-state index in [0.717, 1.165) is 21.0 Å². The fraction of sp³-hybridized carbons (Fsp3) is 0.222. The van der Waals surface area contributed by atoms with Crippen LogP contribution in [0.2, 0.25) is 0 Å². The van der Waals surface area contributed by atoms with E-state index in [0.29, 0.717) is 0 Å². The van der Waals surface area contributed by atoms with E-state index >= 15 is 0 Å². The first kappa shape index (κ1) is 10.3. The Morgan fingerprint density at radius 1 is 1.50 bits per heavy atom. The van der Waals surface area contributed by atoms with Crippen LogP contribution in [0.15, 0.2) is 21.3 Å². The summed E-state index contributed by atoms with van der Waals surface area (Å²) >= 11 is 6.86. The molecular weight excluding hydrogens is 280 g/mol. The highest BCUT2D eigenvalue weighted by molar-refractivity contribution is 9.11. The van der Waals surface area contributed by atoms with Crippen LogP contribution in [0.5, 0.6) is 0 Å². The normalized spacial score (nSPS) is 10.7. The van der Waals surface area contributed by atoms with Crippen LogP contribution >= 0.6 is 38.6 Å². The maximum atomic E-state index is 4.53. The highest BCUT2D eigenvalue weighted by atomic mass is 79.9. The van der Waals surface area contributed by atoms with Gasteiger partial charge in [0.05, 0.1) is 14.4 Å². The average Bonchev–Trinajstić information content (AvgIpc) is 2.74. The largest absolute Gasteiger partial charge is 0.314 e. The van der Waals surface area contributed by atoms with Gasteiger partial charge in [0.2, 0.25) is 0 Å². The molecule has 0 aliphatic carbocycles. The molecule has 2 heterocycles. The van der Waals surface area contributed by atoms with Gasteiger partial charge in [0.1, 0.15) is 5.01 Å². The van der Waals surface area contributed by atoms with Gasteiger partial charge in [-0.15, -0.1) is 22.7 Å². The standard InChI is InChI=1S/C9H9BrN2S2/c1-11-4-9-12-6(5-13-9)7-2-3-8(10)14-7/h2-3,5,11H,4H2,1H3. The Kier molecular flexibility index (Phi) is 3.33. The van der Waals surface area contributed by atoms with Crippen molar-refractivity contribution in [2.75, 3.05) is 7.05 Å². The van der Waals surface area contributed by atoms with Crippen LogP contribution in [0.4, 0.5) is 0 Å². The van der Waals surface area contributed by atoms with E-state index in [2.05, 4.69) is 43.7 Å². The lowest BCUT2D eigenvalue weighted by molar-refractivity contribution is 0.811. The molecule has 2 aromatic heterocycles. The third kappa shape index (κ3) is 2.23. The second-order valence-electron chi connectivity index (χ2n) is 2.76. The first-order valence-corrected chi connectivity index (χ1v) is 6.63. The van der Waals surface area contributed by atoms with E-state index in [4.69, 9.17) is 0 Å². The molecule has 5 heteroatoms. The molecule has 0 spiro atoms. The van der Waals surface area contributed by atoms with E-state index in [-0.39, 0.29) is 0 Å². The monoisotopic (exact) mass is 288 g/mol. The second kappa shape index (κ2) is 4.53. The number of hydrogen-bond acceptors (Lipinski definition) is 4. The zero-order chi connectivity index (χ0) is 9.97. The number of thiazole rings is 1. The fourth-order valence-corrected chi connectivity index (χ4v) is 3.34. The number of aromatic nitrogens is 1. The van der Waals surface area contributed by atoms with Crippen molar-refractivity contribution < 1.29 is 0 Å². The van der Waals surface area contributed by atoms with Gasteiger partial charge in [-0.25, -0.2) is 4.98 Å². The molecule has 2 rings (SSSR count). The highest BCUT2D eigenvalue weighted by Gasteiger charge is 2.05. The number of halogens is 1. The molecule has 0 amide bonds. The van der Waals surface area contributed by atoms with Crippen molar-refractivity contribution in [2.45, 2.75) is 6.54 Å². The number of nitrogens with zero attached hydrogens (tertiary/aromatic N) is 1. The predicted octanol–water partition coefficient (Wildman–Crippen LogP) is 3.35. The van der Waals surface area contributed by atoms with Crippen LogP contribution < -0.4 is 5.32 Å². The summed E-state index contributed by atoms with van der Waals surface area (Å²) in [6.07, 6.45) is 0. The lowest BCUT2D eigenvalue weighted by Gasteiger charge is -1.91. The molecule has 74 valence electrons. The van der Waals surface area contributed by atoms with E-state index < -0.39 is 0 Å². The Labute approximate surface area is 99.1 Å².